The second-order valence-electron chi connectivity index (χ2n) is 4.52. The normalized spacial score (nSPS) is 19.5. The van der Waals surface area contributed by atoms with Crippen LogP contribution in [0, 0.1) is 0 Å². The summed E-state index contributed by atoms with van der Waals surface area (Å²) in [6, 6.07) is 3.85. The molecule has 1 aliphatic rings. The van der Waals surface area contributed by atoms with Gasteiger partial charge in [-0.25, -0.2) is 0 Å². The Balaban J connectivity index is 0.00000162. The van der Waals surface area contributed by atoms with Gasteiger partial charge in [-0.1, -0.05) is 12.5 Å². The van der Waals surface area contributed by atoms with E-state index in [1.807, 2.05) is 19.1 Å². The molecule has 1 aromatic heterocycles. The van der Waals surface area contributed by atoms with Crippen LogP contribution >= 0.6 is 24.8 Å². The minimum absolute atomic E-state index is 0. The van der Waals surface area contributed by atoms with Crippen molar-refractivity contribution in [2.24, 2.45) is 0 Å². The second-order valence-corrected chi connectivity index (χ2v) is 4.52. The molecule has 0 saturated carbocycles. The number of hydrogen-bond donors (Lipinski definition) is 2. The SMILES string of the molecule is C[C@H](NC(=O)[C@@H]1CCCCN1)c1cccnc1.Cl.Cl. The van der Waals surface area contributed by atoms with E-state index in [-0.39, 0.29) is 42.8 Å². The van der Waals surface area contributed by atoms with E-state index in [9.17, 15) is 4.79 Å². The minimum Gasteiger partial charge on any atom is -0.348 e. The first-order valence-corrected chi connectivity index (χ1v) is 6.21. The van der Waals surface area contributed by atoms with Gasteiger partial charge in [-0.05, 0) is 37.9 Å². The number of piperidine rings is 1. The monoisotopic (exact) mass is 305 g/mol. The van der Waals surface area contributed by atoms with E-state index in [2.05, 4.69) is 15.6 Å². The number of aromatic nitrogens is 1. The lowest BCUT2D eigenvalue weighted by Crippen LogP contribution is -2.47. The molecule has 19 heavy (non-hydrogen) atoms. The Kier molecular flexibility index (Phi) is 8.72. The Morgan fingerprint density at radius 3 is 2.84 bits per heavy atom. The number of halogens is 2. The number of rotatable bonds is 3. The van der Waals surface area contributed by atoms with E-state index >= 15 is 0 Å². The van der Waals surface area contributed by atoms with Crippen molar-refractivity contribution in [3.63, 3.8) is 0 Å². The highest BCUT2D eigenvalue weighted by molar-refractivity contribution is 5.85. The maximum atomic E-state index is 12.0. The zero-order valence-corrected chi connectivity index (χ0v) is 12.6. The predicted molar refractivity (Wildman–Crippen MR) is 80.9 cm³/mol. The summed E-state index contributed by atoms with van der Waals surface area (Å²) in [5.74, 6) is 0.0982. The first kappa shape index (κ1) is 18.2. The Morgan fingerprint density at radius 1 is 1.47 bits per heavy atom. The summed E-state index contributed by atoms with van der Waals surface area (Å²) in [6.07, 6.45) is 6.76. The van der Waals surface area contributed by atoms with Crippen molar-refractivity contribution in [1.82, 2.24) is 15.6 Å². The third-order valence-corrected chi connectivity index (χ3v) is 3.17. The average Bonchev–Trinajstić information content (AvgIpc) is 2.40. The van der Waals surface area contributed by atoms with Crippen LogP contribution in [0.3, 0.4) is 0 Å². The fraction of sp³-hybridized carbons (Fsp3) is 0.538. The maximum Gasteiger partial charge on any atom is 0.237 e. The van der Waals surface area contributed by atoms with Crippen LogP contribution in [0.15, 0.2) is 24.5 Å². The first-order chi connectivity index (χ1) is 8.27. The number of carbonyl (C=O) groups excluding carboxylic acids is 1. The lowest BCUT2D eigenvalue weighted by molar-refractivity contribution is -0.124. The highest BCUT2D eigenvalue weighted by atomic mass is 35.5. The molecular weight excluding hydrogens is 285 g/mol. The summed E-state index contributed by atoms with van der Waals surface area (Å²) in [7, 11) is 0. The van der Waals surface area contributed by atoms with Crippen LogP contribution in [-0.2, 0) is 4.79 Å². The number of hydrogen-bond acceptors (Lipinski definition) is 3. The lowest BCUT2D eigenvalue weighted by atomic mass is 10.0. The molecule has 0 unspecified atom stereocenters. The number of pyridine rings is 1. The largest absolute Gasteiger partial charge is 0.348 e. The molecule has 2 atom stereocenters. The van der Waals surface area contributed by atoms with Gasteiger partial charge in [-0.3, -0.25) is 9.78 Å². The first-order valence-electron chi connectivity index (χ1n) is 6.21. The van der Waals surface area contributed by atoms with E-state index < -0.39 is 0 Å². The summed E-state index contributed by atoms with van der Waals surface area (Å²) >= 11 is 0. The van der Waals surface area contributed by atoms with Crippen molar-refractivity contribution in [3.8, 4) is 0 Å². The molecule has 0 bridgehead atoms. The molecule has 4 nitrogen and oxygen atoms in total. The molecule has 1 aromatic rings. The van der Waals surface area contributed by atoms with Gasteiger partial charge in [0.1, 0.15) is 0 Å². The van der Waals surface area contributed by atoms with Crippen LogP contribution < -0.4 is 10.6 Å². The minimum atomic E-state index is -0.0251. The highest BCUT2D eigenvalue weighted by Crippen LogP contribution is 2.12. The molecule has 1 fully saturated rings. The summed E-state index contributed by atoms with van der Waals surface area (Å²) < 4.78 is 0. The van der Waals surface area contributed by atoms with Crippen molar-refractivity contribution < 1.29 is 4.79 Å². The van der Waals surface area contributed by atoms with Crippen molar-refractivity contribution >= 4 is 30.7 Å². The van der Waals surface area contributed by atoms with Crippen molar-refractivity contribution in [1.29, 1.82) is 0 Å². The highest BCUT2D eigenvalue weighted by Gasteiger charge is 2.21. The molecule has 2 N–H and O–H groups in total. The van der Waals surface area contributed by atoms with Crippen molar-refractivity contribution in [2.45, 2.75) is 38.3 Å². The van der Waals surface area contributed by atoms with E-state index in [1.54, 1.807) is 12.4 Å². The van der Waals surface area contributed by atoms with Crippen LogP contribution in [0.1, 0.15) is 37.8 Å². The summed E-state index contributed by atoms with van der Waals surface area (Å²) in [5.41, 5.74) is 1.04. The fourth-order valence-electron chi connectivity index (χ4n) is 2.11. The smallest absolute Gasteiger partial charge is 0.237 e. The zero-order valence-electron chi connectivity index (χ0n) is 11.0. The van der Waals surface area contributed by atoms with Crippen LogP contribution in [-0.4, -0.2) is 23.5 Å². The van der Waals surface area contributed by atoms with Gasteiger partial charge in [-0.15, -0.1) is 24.8 Å². The third-order valence-electron chi connectivity index (χ3n) is 3.17. The number of nitrogens with one attached hydrogen (secondary N) is 2. The molecule has 6 heteroatoms. The lowest BCUT2D eigenvalue weighted by Gasteiger charge is -2.24. The molecule has 0 radical (unpaired) electrons. The Bertz CT molecular complexity index is 369. The van der Waals surface area contributed by atoms with Crippen LogP contribution in [0.25, 0.3) is 0 Å². The molecule has 2 heterocycles. The summed E-state index contributed by atoms with van der Waals surface area (Å²) in [5, 5.41) is 6.27. The molecule has 108 valence electrons. The van der Waals surface area contributed by atoms with Gasteiger partial charge in [0.05, 0.1) is 12.1 Å². The molecule has 1 amide bonds. The number of nitrogens with zero attached hydrogens (tertiary/aromatic N) is 1. The van der Waals surface area contributed by atoms with Crippen LogP contribution in [0.5, 0.6) is 0 Å². The molecule has 2 rings (SSSR count). The Morgan fingerprint density at radius 2 is 2.26 bits per heavy atom. The topological polar surface area (TPSA) is 54.0 Å². The van der Waals surface area contributed by atoms with Crippen molar-refractivity contribution in [2.75, 3.05) is 6.54 Å². The average molecular weight is 306 g/mol. The van der Waals surface area contributed by atoms with E-state index in [0.717, 1.165) is 24.9 Å². The number of carbonyl (C=O) groups is 1. The zero-order chi connectivity index (χ0) is 12.1. The summed E-state index contributed by atoms with van der Waals surface area (Å²) in [4.78, 5) is 16.0. The van der Waals surface area contributed by atoms with E-state index in [4.69, 9.17) is 0 Å². The molecule has 1 aliphatic heterocycles. The molecule has 0 aliphatic carbocycles. The summed E-state index contributed by atoms with van der Waals surface area (Å²) in [6.45, 7) is 2.93. The quantitative estimate of drug-likeness (QED) is 0.900. The molecule has 0 spiro atoms. The van der Waals surface area contributed by atoms with Crippen LogP contribution in [0.4, 0.5) is 0 Å². The van der Waals surface area contributed by atoms with Gasteiger partial charge in [0, 0.05) is 12.4 Å². The molecular formula is C13H21Cl2N3O. The second kappa shape index (κ2) is 9.13. The van der Waals surface area contributed by atoms with Gasteiger partial charge in [0.15, 0.2) is 0 Å². The van der Waals surface area contributed by atoms with Gasteiger partial charge >= 0.3 is 0 Å². The van der Waals surface area contributed by atoms with Gasteiger partial charge < -0.3 is 10.6 Å². The number of amides is 1. The third kappa shape index (κ3) is 5.35. The standard InChI is InChI=1S/C13H19N3O.2ClH/c1-10(11-5-4-7-14-9-11)16-13(17)12-6-2-3-8-15-12;;/h4-5,7,9-10,12,15H,2-3,6,8H2,1H3,(H,16,17);2*1H/t10-,12-;;/m0../s1. The van der Waals surface area contributed by atoms with Gasteiger partial charge in [0.25, 0.3) is 0 Å². The van der Waals surface area contributed by atoms with Crippen LogP contribution in [0.2, 0.25) is 0 Å². The fourth-order valence-corrected chi connectivity index (χ4v) is 2.11. The predicted octanol–water partition coefficient (Wildman–Crippen LogP) is 2.24. The molecule has 0 aromatic carbocycles. The Hall–Kier alpha value is -0.840. The Labute approximate surface area is 126 Å². The van der Waals surface area contributed by atoms with Crippen molar-refractivity contribution in [3.05, 3.63) is 30.1 Å². The van der Waals surface area contributed by atoms with E-state index in [0.29, 0.717) is 0 Å². The van der Waals surface area contributed by atoms with Gasteiger partial charge in [0.2, 0.25) is 5.91 Å². The van der Waals surface area contributed by atoms with Gasteiger partial charge in [-0.2, -0.15) is 0 Å². The molecule has 1 saturated heterocycles. The maximum absolute atomic E-state index is 12.0. The van der Waals surface area contributed by atoms with E-state index in [1.165, 1.54) is 6.42 Å².